The summed E-state index contributed by atoms with van der Waals surface area (Å²) in [6.45, 7) is 1.59. The smallest absolute Gasteiger partial charge is 0.308 e. The lowest BCUT2D eigenvalue weighted by atomic mass is 10.1. The lowest BCUT2D eigenvalue weighted by Gasteiger charge is -2.29. The molecule has 0 fully saturated rings. The Morgan fingerprint density at radius 3 is 2.58 bits per heavy atom. The molecule has 3 aromatic rings. The number of para-hydroxylation sites is 2. The number of amides is 2. The molecule has 0 radical (unpaired) electrons. The number of nitro benzene ring substituents is 1. The molecule has 1 unspecified atom stereocenters. The zero-order chi connectivity index (χ0) is 25.7. The van der Waals surface area contributed by atoms with Crippen molar-refractivity contribution in [2.24, 2.45) is 0 Å². The van der Waals surface area contributed by atoms with Gasteiger partial charge in [0.1, 0.15) is 11.4 Å². The Bertz CT molecular complexity index is 1310. The van der Waals surface area contributed by atoms with E-state index < -0.39 is 22.9 Å². The van der Waals surface area contributed by atoms with Gasteiger partial charge < -0.3 is 19.7 Å². The number of rotatable bonds is 8. The maximum absolute atomic E-state index is 13.1. The van der Waals surface area contributed by atoms with Crippen molar-refractivity contribution in [3.05, 3.63) is 94.0 Å². The van der Waals surface area contributed by atoms with Crippen LogP contribution in [0.5, 0.6) is 5.75 Å². The molecule has 1 aliphatic heterocycles. The molecular formula is C26H23N3O7. The first-order chi connectivity index (χ1) is 17.3. The van der Waals surface area contributed by atoms with Crippen LogP contribution in [0.1, 0.15) is 23.7 Å². The second kappa shape index (κ2) is 10.7. The third kappa shape index (κ3) is 5.49. The van der Waals surface area contributed by atoms with Gasteiger partial charge in [-0.3, -0.25) is 24.5 Å². The molecule has 3 aromatic carbocycles. The van der Waals surface area contributed by atoms with E-state index in [1.165, 1.54) is 17.0 Å². The lowest BCUT2D eigenvalue weighted by Crippen LogP contribution is -2.40. The zero-order valence-corrected chi connectivity index (χ0v) is 19.4. The molecule has 36 heavy (non-hydrogen) atoms. The van der Waals surface area contributed by atoms with Crippen molar-refractivity contribution in [2.75, 3.05) is 23.4 Å². The number of aryl methyl sites for hydroxylation is 1. The molecule has 0 aliphatic carbocycles. The van der Waals surface area contributed by atoms with E-state index in [0.717, 1.165) is 0 Å². The molecule has 0 spiro atoms. The van der Waals surface area contributed by atoms with Crippen molar-refractivity contribution in [3.63, 3.8) is 0 Å². The Balaban J connectivity index is 1.50. The van der Waals surface area contributed by atoms with Crippen molar-refractivity contribution >= 4 is 34.8 Å². The van der Waals surface area contributed by atoms with Gasteiger partial charge in [-0.2, -0.15) is 0 Å². The highest BCUT2D eigenvalue weighted by Gasteiger charge is 2.29. The molecule has 1 atom stereocenters. The highest BCUT2D eigenvalue weighted by molar-refractivity contribution is 5.99. The number of nitro groups is 1. The fraction of sp³-hybridized carbons (Fsp3) is 0.192. The lowest BCUT2D eigenvalue weighted by molar-refractivity contribution is -0.384. The first kappa shape index (κ1) is 24.4. The monoisotopic (exact) mass is 489 g/mol. The van der Waals surface area contributed by atoms with Crippen molar-refractivity contribution in [1.82, 2.24) is 0 Å². The summed E-state index contributed by atoms with van der Waals surface area (Å²) in [4.78, 5) is 50.6. The molecule has 0 bridgehead atoms. The van der Waals surface area contributed by atoms with Crippen molar-refractivity contribution in [1.29, 1.82) is 0 Å². The van der Waals surface area contributed by atoms with E-state index in [2.05, 4.69) is 5.32 Å². The van der Waals surface area contributed by atoms with Gasteiger partial charge in [0.2, 0.25) is 6.10 Å². The second-order valence-corrected chi connectivity index (χ2v) is 8.10. The number of fused-ring (bicyclic) bond motifs is 1. The van der Waals surface area contributed by atoms with Crippen LogP contribution in [0, 0.1) is 17.0 Å². The fourth-order valence-electron chi connectivity index (χ4n) is 3.79. The number of hydrogen-bond donors (Lipinski definition) is 1. The van der Waals surface area contributed by atoms with Crippen LogP contribution in [0.15, 0.2) is 72.8 Å². The van der Waals surface area contributed by atoms with Crippen LogP contribution in [-0.4, -0.2) is 35.9 Å². The number of benzene rings is 3. The Morgan fingerprint density at radius 2 is 1.83 bits per heavy atom. The van der Waals surface area contributed by atoms with E-state index in [9.17, 15) is 24.5 Å². The Morgan fingerprint density at radius 1 is 1.11 bits per heavy atom. The molecule has 10 heteroatoms. The summed E-state index contributed by atoms with van der Waals surface area (Å²) in [5, 5.41) is 14.0. The largest absolute Gasteiger partial charge is 0.482 e. The molecule has 184 valence electrons. The minimum absolute atomic E-state index is 0.0110. The van der Waals surface area contributed by atoms with Crippen LogP contribution >= 0.6 is 0 Å². The minimum atomic E-state index is -1.35. The zero-order valence-electron chi connectivity index (χ0n) is 19.4. The van der Waals surface area contributed by atoms with Crippen LogP contribution in [0.2, 0.25) is 0 Å². The first-order valence-corrected chi connectivity index (χ1v) is 11.2. The van der Waals surface area contributed by atoms with Crippen LogP contribution in [0.25, 0.3) is 0 Å². The van der Waals surface area contributed by atoms with E-state index in [4.69, 9.17) is 9.47 Å². The van der Waals surface area contributed by atoms with Crippen molar-refractivity contribution < 1.29 is 28.8 Å². The number of esters is 1. The third-order valence-electron chi connectivity index (χ3n) is 5.55. The van der Waals surface area contributed by atoms with Gasteiger partial charge in [-0.25, -0.2) is 0 Å². The van der Waals surface area contributed by atoms with E-state index in [1.54, 1.807) is 67.6 Å². The maximum Gasteiger partial charge on any atom is 0.308 e. The minimum Gasteiger partial charge on any atom is -0.482 e. The molecule has 1 aliphatic rings. The molecule has 0 saturated heterocycles. The summed E-state index contributed by atoms with van der Waals surface area (Å²) in [6, 6.07) is 19.7. The quantitative estimate of drug-likeness (QED) is 0.288. The van der Waals surface area contributed by atoms with Crippen molar-refractivity contribution in [3.8, 4) is 5.75 Å². The van der Waals surface area contributed by atoms with E-state index in [1.807, 2.05) is 0 Å². The highest BCUT2D eigenvalue weighted by atomic mass is 16.6. The Kier molecular flexibility index (Phi) is 7.24. The predicted octanol–water partition coefficient (Wildman–Crippen LogP) is 3.94. The summed E-state index contributed by atoms with van der Waals surface area (Å²) < 4.78 is 10.9. The summed E-state index contributed by atoms with van der Waals surface area (Å²) in [5.74, 6) is -1.22. The number of carbonyl (C=O) groups is 3. The molecule has 0 saturated carbocycles. The summed E-state index contributed by atoms with van der Waals surface area (Å²) in [7, 11) is 0. The van der Waals surface area contributed by atoms with Crippen LogP contribution in [0.3, 0.4) is 0 Å². The van der Waals surface area contributed by atoms with Gasteiger partial charge in [-0.05, 0) is 30.7 Å². The standard InChI is InChI=1S/C26H23N3O7/c1-17-11-12-19(21(15-17)29(33)34)27-26(32)25(18-7-3-2-4-8-18)36-24(31)13-14-28-20-9-5-6-10-22(20)35-16-23(28)30/h2-12,15,25H,13-14,16H2,1H3,(H,27,32). The van der Waals surface area contributed by atoms with Gasteiger partial charge in [-0.1, -0.05) is 48.5 Å². The maximum atomic E-state index is 13.1. The average molecular weight is 489 g/mol. The molecule has 10 nitrogen and oxygen atoms in total. The molecular weight excluding hydrogens is 466 g/mol. The fourth-order valence-corrected chi connectivity index (χ4v) is 3.79. The number of anilines is 2. The Labute approximate surface area is 206 Å². The van der Waals surface area contributed by atoms with Crippen LogP contribution < -0.4 is 15.0 Å². The van der Waals surface area contributed by atoms with Gasteiger partial charge in [0, 0.05) is 18.2 Å². The molecule has 0 aromatic heterocycles. The Hall–Kier alpha value is -4.73. The van der Waals surface area contributed by atoms with Gasteiger partial charge in [0.15, 0.2) is 6.61 Å². The number of carbonyl (C=O) groups excluding carboxylic acids is 3. The first-order valence-electron chi connectivity index (χ1n) is 11.2. The molecule has 1 heterocycles. The van der Waals surface area contributed by atoms with E-state index in [-0.39, 0.29) is 36.9 Å². The molecule has 2 amide bonds. The van der Waals surface area contributed by atoms with Gasteiger partial charge >= 0.3 is 5.97 Å². The highest BCUT2D eigenvalue weighted by Crippen LogP contribution is 2.32. The number of nitrogens with zero attached hydrogens (tertiary/aromatic N) is 2. The number of ether oxygens (including phenoxy) is 2. The SMILES string of the molecule is Cc1ccc(NC(=O)C(OC(=O)CCN2C(=O)COc3ccccc32)c2ccccc2)c([N+](=O)[O-])c1. The van der Waals surface area contributed by atoms with E-state index >= 15 is 0 Å². The van der Waals surface area contributed by atoms with Crippen LogP contribution in [-0.2, 0) is 19.1 Å². The third-order valence-corrected chi connectivity index (χ3v) is 5.55. The van der Waals surface area contributed by atoms with Gasteiger partial charge in [0.25, 0.3) is 17.5 Å². The summed E-state index contributed by atoms with van der Waals surface area (Å²) >= 11 is 0. The number of hydrogen-bond acceptors (Lipinski definition) is 7. The summed E-state index contributed by atoms with van der Waals surface area (Å²) in [5.41, 5.74) is 1.32. The van der Waals surface area contributed by atoms with Crippen molar-refractivity contribution in [2.45, 2.75) is 19.4 Å². The van der Waals surface area contributed by atoms with Gasteiger partial charge in [-0.15, -0.1) is 0 Å². The average Bonchev–Trinajstić information content (AvgIpc) is 2.88. The second-order valence-electron chi connectivity index (χ2n) is 8.10. The number of nitrogens with one attached hydrogen (secondary N) is 1. The molecule has 4 rings (SSSR count). The summed E-state index contributed by atoms with van der Waals surface area (Å²) in [6.07, 6.45) is -1.53. The van der Waals surface area contributed by atoms with Crippen LogP contribution in [0.4, 0.5) is 17.1 Å². The van der Waals surface area contributed by atoms with E-state index in [0.29, 0.717) is 22.6 Å². The van der Waals surface area contributed by atoms with Gasteiger partial charge in [0.05, 0.1) is 17.0 Å². The topological polar surface area (TPSA) is 128 Å². The normalized spacial score (nSPS) is 13.2. The molecule has 1 N–H and O–H groups in total. The predicted molar refractivity (Wildman–Crippen MR) is 131 cm³/mol.